The number of benzene rings is 2. The molecule has 4 nitrogen and oxygen atoms in total. The van der Waals surface area contributed by atoms with E-state index in [2.05, 4.69) is 10.3 Å². The third kappa shape index (κ3) is 6.65. The molecule has 0 saturated carbocycles. The van der Waals surface area contributed by atoms with Gasteiger partial charge in [0.1, 0.15) is 0 Å². The molecular weight excluding hydrogens is 405 g/mol. The van der Waals surface area contributed by atoms with Crippen LogP contribution in [0.1, 0.15) is 38.3 Å². The summed E-state index contributed by atoms with van der Waals surface area (Å²) in [6, 6.07) is 16.3. The highest BCUT2D eigenvalue weighted by Crippen LogP contribution is 2.30. The normalized spacial score (nSPS) is 11.4. The number of carbonyl (C=O) groups excluding carboxylic acids is 1. The van der Waals surface area contributed by atoms with Gasteiger partial charge in [0.05, 0.1) is 12.2 Å². The number of halogens is 3. The number of amides is 1. The Kier molecular flexibility index (Phi) is 7.41. The molecule has 0 radical (unpaired) electrons. The van der Waals surface area contributed by atoms with E-state index in [0.717, 1.165) is 22.9 Å². The Balaban J connectivity index is 1.70. The topological polar surface area (TPSA) is 51.2 Å². The summed E-state index contributed by atoms with van der Waals surface area (Å²) in [4.78, 5) is 16.6. The first kappa shape index (κ1) is 22.5. The zero-order valence-electron chi connectivity index (χ0n) is 17.1. The minimum absolute atomic E-state index is 0.176. The first-order valence-corrected chi connectivity index (χ1v) is 9.81. The Morgan fingerprint density at radius 3 is 2.42 bits per heavy atom. The van der Waals surface area contributed by atoms with Gasteiger partial charge in [0.15, 0.2) is 0 Å². The lowest BCUT2D eigenvalue weighted by molar-refractivity contribution is -0.137. The van der Waals surface area contributed by atoms with Gasteiger partial charge >= 0.3 is 6.18 Å². The van der Waals surface area contributed by atoms with E-state index < -0.39 is 11.7 Å². The number of nitrogens with zero attached hydrogens (tertiary/aromatic N) is 1. The third-order valence-corrected chi connectivity index (χ3v) is 4.71. The molecule has 0 saturated heterocycles. The van der Waals surface area contributed by atoms with Gasteiger partial charge in [0, 0.05) is 37.5 Å². The maximum Gasteiger partial charge on any atom is 0.416 e. The highest BCUT2D eigenvalue weighted by Gasteiger charge is 2.30. The number of nitrogens with one attached hydrogen (secondary N) is 1. The predicted molar refractivity (Wildman–Crippen MR) is 112 cm³/mol. The molecule has 0 spiro atoms. The standard InChI is InChI=1S/C24H23F3N2O2/c1-31-11-10-29-23(30)20-6-2-4-18(13-20)15-22-16-19(8-9-28-22)12-17-5-3-7-21(14-17)24(25,26)27/h2-9,13-14,16H,10-12,15H2,1H3,(H,29,30). The van der Waals surface area contributed by atoms with Crippen LogP contribution in [0.15, 0.2) is 66.9 Å². The number of carbonyl (C=O) groups is 1. The fourth-order valence-electron chi connectivity index (χ4n) is 3.23. The van der Waals surface area contributed by atoms with Crippen molar-refractivity contribution in [2.45, 2.75) is 19.0 Å². The van der Waals surface area contributed by atoms with E-state index in [0.29, 0.717) is 37.1 Å². The van der Waals surface area contributed by atoms with Crippen LogP contribution in [-0.4, -0.2) is 31.2 Å². The van der Waals surface area contributed by atoms with Crippen LogP contribution < -0.4 is 5.32 Å². The van der Waals surface area contributed by atoms with Crippen LogP contribution in [-0.2, 0) is 23.8 Å². The quantitative estimate of drug-likeness (QED) is 0.531. The minimum atomic E-state index is -4.36. The summed E-state index contributed by atoms with van der Waals surface area (Å²) in [6.07, 6.45) is -1.82. The maximum absolute atomic E-state index is 12.9. The van der Waals surface area contributed by atoms with Crippen LogP contribution in [0, 0.1) is 0 Å². The van der Waals surface area contributed by atoms with Crippen LogP contribution in [0.3, 0.4) is 0 Å². The molecule has 0 aliphatic carbocycles. The molecule has 0 aliphatic rings. The third-order valence-electron chi connectivity index (χ3n) is 4.71. The first-order chi connectivity index (χ1) is 14.8. The van der Waals surface area contributed by atoms with Crippen molar-refractivity contribution in [3.05, 3.63) is 100 Å². The SMILES string of the molecule is COCCNC(=O)c1cccc(Cc2cc(Cc3cccc(C(F)(F)F)c3)ccn2)c1. The molecule has 162 valence electrons. The van der Waals surface area contributed by atoms with Crippen molar-refractivity contribution in [2.75, 3.05) is 20.3 Å². The van der Waals surface area contributed by atoms with Crippen LogP contribution in [0.4, 0.5) is 13.2 Å². The summed E-state index contributed by atoms with van der Waals surface area (Å²) < 4.78 is 43.8. The van der Waals surface area contributed by atoms with Crippen LogP contribution in [0.2, 0.25) is 0 Å². The zero-order chi connectivity index (χ0) is 22.3. The molecule has 2 aromatic carbocycles. The van der Waals surface area contributed by atoms with Crippen molar-refractivity contribution in [3.63, 3.8) is 0 Å². The van der Waals surface area contributed by atoms with Crippen molar-refractivity contribution in [3.8, 4) is 0 Å². The van der Waals surface area contributed by atoms with Gasteiger partial charge in [0.2, 0.25) is 0 Å². The Morgan fingerprint density at radius 1 is 0.968 bits per heavy atom. The monoisotopic (exact) mass is 428 g/mol. The molecule has 1 N–H and O–H groups in total. The summed E-state index contributed by atoms with van der Waals surface area (Å²) in [5.41, 5.74) is 3.05. The number of rotatable bonds is 8. The Bertz CT molecular complexity index is 1040. The van der Waals surface area contributed by atoms with Crippen LogP contribution >= 0.6 is 0 Å². The number of hydrogen-bond donors (Lipinski definition) is 1. The highest BCUT2D eigenvalue weighted by molar-refractivity contribution is 5.94. The largest absolute Gasteiger partial charge is 0.416 e. The van der Waals surface area contributed by atoms with E-state index in [-0.39, 0.29) is 5.91 Å². The van der Waals surface area contributed by atoms with Crippen molar-refractivity contribution >= 4 is 5.91 Å². The molecule has 0 bridgehead atoms. The van der Waals surface area contributed by atoms with Gasteiger partial charge in [-0.25, -0.2) is 0 Å². The lowest BCUT2D eigenvalue weighted by atomic mass is 10.0. The molecule has 0 atom stereocenters. The number of hydrogen-bond acceptors (Lipinski definition) is 3. The summed E-state index contributed by atoms with van der Waals surface area (Å²) in [6.45, 7) is 0.868. The van der Waals surface area contributed by atoms with E-state index in [1.807, 2.05) is 24.3 Å². The number of methoxy groups -OCH3 is 1. The first-order valence-electron chi connectivity index (χ1n) is 9.81. The average molecular weight is 428 g/mol. The van der Waals surface area contributed by atoms with E-state index in [4.69, 9.17) is 4.74 Å². The van der Waals surface area contributed by atoms with E-state index in [9.17, 15) is 18.0 Å². The van der Waals surface area contributed by atoms with E-state index in [1.54, 1.807) is 31.5 Å². The lowest BCUT2D eigenvalue weighted by Gasteiger charge is -2.10. The van der Waals surface area contributed by atoms with Gasteiger partial charge in [-0.3, -0.25) is 9.78 Å². The maximum atomic E-state index is 12.9. The number of ether oxygens (including phenoxy) is 1. The lowest BCUT2D eigenvalue weighted by Crippen LogP contribution is -2.26. The predicted octanol–water partition coefficient (Wildman–Crippen LogP) is 4.66. The zero-order valence-corrected chi connectivity index (χ0v) is 17.1. The average Bonchev–Trinajstić information content (AvgIpc) is 2.74. The van der Waals surface area contributed by atoms with Gasteiger partial charge in [-0.15, -0.1) is 0 Å². The fourth-order valence-corrected chi connectivity index (χ4v) is 3.23. The molecule has 0 fully saturated rings. The van der Waals surface area contributed by atoms with Crippen molar-refractivity contribution < 1.29 is 22.7 Å². The molecule has 1 aromatic heterocycles. The molecule has 1 amide bonds. The second-order valence-corrected chi connectivity index (χ2v) is 7.16. The molecule has 0 aliphatic heterocycles. The van der Waals surface area contributed by atoms with E-state index in [1.165, 1.54) is 12.1 Å². The van der Waals surface area contributed by atoms with Crippen molar-refractivity contribution in [2.24, 2.45) is 0 Å². The fraction of sp³-hybridized carbons (Fsp3) is 0.250. The van der Waals surface area contributed by atoms with Crippen LogP contribution in [0.25, 0.3) is 0 Å². The molecule has 31 heavy (non-hydrogen) atoms. The summed E-state index contributed by atoms with van der Waals surface area (Å²) in [5, 5.41) is 2.78. The molecule has 0 unspecified atom stereocenters. The van der Waals surface area contributed by atoms with Gasteiger partial charge in [-0.05, 0) is 53.4 Å². The van der Waals surface area contributed by atoms with Gasteiger partial charge in [0.25, 0.3) is 5.91 Å². The molecule has 7 heteroatoms. The summed E-state index contributed by atoms with van der Waals surface area (Å²) in [5.74, 6) is -0.176. The molecule has 3 rings (SSSR count). The number of alkyl halides is 3. The van der Waals surface area contributed by atoms with Gasteiger partial charge in [-0.1, -0.05) is 30.3 Å². The van der Waals surface area contributed by atoms with Crippen molar-refractivity contribution in [1.82, 2.24) is 10.3 Å². The molecule has 1 heterocycles. The smallest absolute Gasteiger partial charge is 0.383 e. The number of aromatic nitrogens is 1. The van der Waals surface area contributed by atoms with Crippen molar-refractivity contribution in [1.29, 1.82) is 0 Å². The Labute approximate surface area is 179 Å². The molecular formula is C24H23F3N2O2. The Morgan fingerprint density at radius 2 is 1.68 bits per heavy atom. The highest BCUT2D eigenvalue weighted by atomic mass is 19.4. The van der Waals surface area contributed by atoms with E-state index >= 15 is 0 Å². The second kappa shape index (κ2) is 10.2. The molecule has 3 aromatic rings. The second-order valence-electron chi connectivity index (χ2n) is 7.16. The minimum Gasteiger partial charge on any atom is -0.383 e. The summed E-state index contributed by atoms with van der Waals surface area (Å²) in [7, 11) is 1.57. The van der Waals surface area contributed by atoms with Gasteiger partial charge in [-0.2, -0.15) is 13.2 Å². The Hall–Kier alpha value is -3.19. The summed E-state index contributed by atoms with van der Waals surface area (Å²) >= 11 is 0. The van der Waals surface area contributed by atoms with Gasteiger partial charge < -0.3 is 10.1 Å². The number of pyridine rings is 1. The van der Waals surface area contributed by atoms with Crippen LogP contribution in [0.5, 0.6) is 0 Å².